The molecule has 0 spiro atoms. The molecule has 7 nitrogen and oxygen atoms in total. The summed E-state index contributed by atoms with van der Waals surface area (Å²) in [6.45, 7) is 1.93. The van der Waals surface area contributed by atoms with Crippen molar-refractivity contribution >= 4 is 11.7 Å². The van der Waals surface area contributed by atoms with Gasteiger partial charge in [0.05, 0.1) is 11.7 Å². The molecule has 2 heterocycles. The highest BCUT2D eigenvalue weighted by atomic mass is 16.2. The molecule has 0 radical (unpaired) electrons. The van der Waals surface area contributed by atoms with Crippen LogP contribution in [0.25, 0.3) is 5.69 Å². The standard InChI is InChI=1S/C16H16N6O/c1-12(20-16(23)21-14-6-8-17-9-7-14)13-2-4-15(5-3-13)22-11-18-10-19-22/h2-12H,1H3,(H2,17,20,21,23)/t12-/m1/s1. The van der Waals surface area contributed by atoms with Crippen molar-refractivity contribution in [1.82, 2.24) is 25.1 Å². The lowest BCUT2D eigenvalue weighted by Gasteiger charge is -2.15. The zero-order valence-corrected chi connectivity index (χ0v) is 12.5. The van der Waals surface area contributed by atoms with Crippen LogP contribution in [0.1, 0.15) is 18.5 Å². The normalized spacial score (nSPS) is 11.7. The number of benzene rings is 1. The summed E-state index contributed by atoms with van der Waals surface area (Å²) in [4.78, 5) is 19.8. The van der Waals surface area contributed by atoms with Gasteiger partial charge < -0.3 is 10.6 Å². The molecule has 1 aromatic carbocycles. The van der Waals surface area contributed by atoms with Crippen molar-refractivity contribution in [3.8, 4) is 5.69 Å². The Morgan fingerprint density at radius 3 is 2.48 bits per heavy atom. The minimum absolute atomic E-state index is 0.123. The van der Waals surface area contributed by atoms with Crippen LogP contribution in [0.2, 0.25) is 0 Å². The number of nitrogens with zero attached hydrogens (tertiary/aromatic N) is 4. The smallest absolute Gasteiger partial charge is 0.319 e. The highest BCUT2D eigenvalue weighted by Crippen LogP contribution is 2.15. The van der Waals surface area contributed by atoms with Gasteiger partial charge in [0.15, 0.2) is 0 Å². The monoisotopic (exact) mass is 308 g/mol. The number of urea groups is 1. The number of carbonyl (C=O) groups is 1. The third-order valence-electron chi connectivity index (χ3n) is 3.36. The molecule has 0 fully saturated rings. The van der Waals surface area contributed by atoms with E-state index in [9.17, 15) is 4.79 Å². The van der Waals surface area contributed by atoms with Gasteiger partial charge in [-0.1, -0.05) is 12.1 Å². The van der Waals surface area contributed by atoms with Crippen molar-refractivity contribution in [2.75, 3.05) is 5.32 Å². The number of carbonyl (C=O) groups excluding carboxylic acids is 1. The molecule has 116 valence electrons. The predicted octanol–water partition coefficient (Wildman–Crippen LogP) is 2.55. The molecular formula is C16H16N6O. The maximum absolute atomic E-state index is 12.0. The predicted molar refractivity (Wildman–Crippen MR) is 86.2 cm³/mol. The molecule has 2 amide bonds. The Labute approximate surface area is 133 Å². The second-order valence-electron chi connectivity index (χ2n) is 4.99. The van der Waals surface area contributed by atoms with E-state index in [0.717, 1.165) is 11.3 Å². The number of pyridine rings is 1. The van der Waals surface area contributed by atoms with E-state index in [0.29, 0.717) is 5.69 Å². The van der Waals surface area contributed by atoms with Crippen molar-refractivity contribution in [2.45, 2.75) is 13.0 Å². The van der Waals surface area contributed by atoms with E-state index in [1.807, 2.05) is 31.2 Å². The molecule has 0 saturated carbocycles. The quantitative estimate of drug-likeness (QED) is 0.775. The maximum atomic E-state index is 12.0. The SMILES string of the molecule is C[C@@H](NC(=O)Nc1ccncc1)c1ccc(-n2cncn2)cc1. The van der Waals surface area contributed by atoms with E-state index in [2.05, 4.69) is 25.7 Å². The third kappa shape index (κ3) is 3.70. The summed E-state index contributed by atoms with van der Waals surface area (Å²) >= 11 is 0. The molecule has 23 heavy (non-hydrogen) atoms. The molecular weight excluding hydrogens is 292 g/mol. The number of hydrogen-bond acceptors (Lipinski definition) is 4. The second-order valence-corrected chi connectivity index (χ2v) is 4.99. The molecule has 0 bridgehead atoms. The average Bonchev–Trinajstić information content (AvgIpc) is 3.10. The number of rotatable bonds is 4. The number of amides is 2. The summed E-state index contributed by atoms with van der Waals surface area (Å²) in [6, 6.07) is 10.9. The number of hydrogen-bond donors (Lipinski definition) is 2. The Bertz CT molecular complexity index is 755. The summed E-state index contributed by atoms with van der Waals surface area (Å²) in [6.07, 6.45) is 6.38. The van der Waals surface area contributed by atoms with Gasteiger partial charge in [0.25, 0.3) is 0 Å². The van der Waals surface area contributed by atoms with E-state index < -0.39 is 0 Å². The Hall–Kier alpha value is -3.22. The van der Waals surface area contributed by atoms with Crippen LogP contribution in [0.3, 0.4) is 0 Å². The van der Waals surface area contributed by atoms with Gasteiger partial charge in [-0.05, 0) is 36.8 Å². The lowest BCUT2D eigenvalue weighted by atomic mass is 10.1. The van der Waals surface area contributed by atoms with Crippen LogP contribution >= 0.6 is 0 Å². The molecule has 2 N–H and O–H groups in total. The molecule has 0 aliphatic rings. The van der Waals surface area contributed by atoms with Crippen LogP contribution < -0.4 is 10.6 Å². The van der Waals surface area contributed by atoms with Gasteiger partial charge >= 0.3 is 6.03 Å². The average molecular weight is 308 g/mol. The van der Waals surface area contributed by atoms with E-state index >= 15 is 0 Å². The first kappa shape index (κ1) is 14.7. The molecule has 0 aliphatic heterocycles. The number of aromatic nitrogens is 4. The molecule has 7 heteroatoms. The summed E-state index contributed by atoms with van der Waals surface area (Å²) in [5, 5.41) is 9.73. The Morgan fingerprint density at radius 2 is 1.83 bits per heavy atom. The first-order valence-electron chi connectivity index (χ1n) is 7.15. The van der Waals surface area contributed by atoms with Crippen LogP contribution in [0, 0.1) is 0 Å². The van der Waals surface area contributed by atoms with Gasteiger partial charge in [0.2, 0.25) is 0 Å². The van der Waals surface area contributed by atoms with Gasteiger partial charge in [0, 0.05) is 18.1 Å². The molecule has 3 aromatic rings. The minimum Gasteiger partial charge on any atom is -0.331 e. The molecule has 2 aromatic heterocycles. The summed E-state index contributed by atoms with van der Waals surface area (Å²) in [5.74, 6) is 0. The fourth-order valence-corrected chi connectivity index (χ4v) is 2.14. The Kier molecular flexibility index (Phi) is 4.28. The topological polar surface area (TPSA) is 84.7 Å². The fraction of sp³-hybridized carbons (Fsp3) is 0.125. The van der Waals surface area contributed by atoms with Gasteiger partial charge in [-0.25, -0.2) is 14.5 Å². The molecule has 0 saturated heterocycles. The van der Waals surface area contributed by atoms with Gasteiger partial charge in [-0.3, -0.25) is 4.98 Å². The summed E-state index contributed by atoms with van der Waals surface area (Å²) in [5.41, 5.74) is 2.62. The van der Waals surface area contributed by atoms with Crippen LogP contribution in [0.5, 0.6) is 0 Å². The highest BCUT2D eigenvalue weighted by Gasteiger charge is 2.10. The molecule has 1 atom stereocenters. The van der Waals surface area contributed by atoms with Crippen molar-refractivity contribution in [3.63, 3.8) is 0 Å². The van der Waals surface area contributed by atoms with Crippen LogP contribution in [-0.2, 0) is 0 Å². The van der Waals surface area contributed by atoms with E-state index in [4.69, 9.17) is 0 Å². The summed E-state index contributed by atoms with van der Waals surface area (Å²) < 4.78 is 1.68. The second kappa shape index (κ2) is 6.69. The molecule has 3 rings (SSSR count). The van der Waals surface area contributed by atoms with Crippen LogP contribution in [0.4, 0.5) is 10.5 Å². The van der Waals surface area contributed by atoms with Gasteiger partial charge in [0.1, 0.15) is 12.7 Å². The summed E-state index contributed by atoms with van der Waals surface area (Å²) in [7, 11) is 0. The first-order valence-corrected chi connectivity index (χ1v) is 7.15. The van der Waals surface area contributed by atoms with Crippen molar-refractivity contribution < 1.29 is 4.79 Å². The van der Waals surface area contributed by atoms with E-state index in [-0.39, 0.29) is 12.1 Å². The largest absolute Gasteiger partial charge is 0.331 e. The van der Waals surface area contributed by atoms with Crippen molar-refractivity contribution in [2.24, 2.45) is 0 Å². The minimum atomic E-state index is -0.260. The van der Waals surface area contributed by atoms with Crippen molar-refractivity contribution in [3.05, 3.63) is 67.0 Å². The van der Waals surface area contributed by atoms with Crippen molar-refractivity contribution in [1.29, 1.82) is 0 Å². The molecule has 0 aliphatic carbocycles. The zero-order chi connectivity index (χ0) is 16.1. The fourth-order valence-electron chi connectivity index (χ4n) is 2.14. The zero-order valence-electron chi connectivity index (χ0n) is 12.5. The van der Waals surface area contributed by atoms with Crippen LogP contribution in [0.15, 0.2) is 61.4 Å². The number of anilines is 1. The Balaban J connectivity index is 1.61. The highest BCUT2D eigenvalue weighted by molar-refractivity contribution is 5.89. The first-order chi connectivity index (χ1) is 11.2. The Morgan fingerprint density at radius 1 is 1.09 bits per heavy atom. The van der Waals surface area contributed by atoms with Gasteiger partial charge in [-0.2, -0.15) is 5.10 Å². The van der Waals surface area contributed by atoms with E-state index in [1.54, 1.807) is 35.5 Å². The van der Waals surface area contributed by atoms with Gasteiger partial charge in [-0.15, -0.1) is 0 Å². The third-order valence-corrected chi connectivity index (χ3v) is 3.36. The lowest BCUT2D eigenvalue weighted by molar-refractivity contribution is 0.249. The lowest BCUT2D eigenvalue weighted by Crippen LogP contribution is -2.31. The number of nitrogens with one attached hydrogen (secondary N) is 2. The van der Waals surface area contributed by atoms with Crippen LogP contribution in [-0.4, -0.2) is 25.8 Å². The molecule has 0 unspecified atom stereocenters. The van der Waals surface area contributed by atoms with E-state index in [1.165, 1.54) is 6.33 Å². The maximum Gasteiger partial charge on any atom is 0.319 e.